The van der Waals surface area contributed by atoms with Crippen LogP contribution in [0.25, 0.3) is 5.69 Å². The maximum absolute atomic E-state index is 13.0. The predicted molar refractivity (Wildman–Crippen MR) is 135 cm³/mol. The molecule has 0 saturated heterocycles. The smallest absolute Gasteiger partial charge is 0.430 e. The highest BCUT2D eigenvalue weighted by Crippen LogP contribution is 2.27. The molecule has 0 aliphatic rings. The van der Waals surface area contributed by atoms with Crippen molar-refractivity contribution >= 4 is 35.1 Å². The summed E-state index contributed by atoms with van der Waals surface area (Å²) in [4.78, 5) is 21.7. The number of hydrogen-bond donors (Lipinski definition) is 2. The number of tetrazole rings is 1. The highest BCUT2D eigenvalue weighted by Gasteiger charge is 2.28. The Kier molecular flexibility index (Phi) is 10.0. The summed E-state index contributed by atoms with van der Waals surface area (Å²) in [6, 6.07) is 22.7. The summed E-state index contributed by atoms with van der Waals surface area (Å²) in [5, 5.41) is 23.5. The number of alkyl halides is 3. The Labute approximate surface area is 231 Å². The number of aromatic amines is 1. The van der Waals surface area contributed by atoms with Crippen molar-refractivity contribution in [2.24, 2.45) is 0 Å². The van der Waals surface area contributed by atoms with Crippen LogP contribution in [0.1, 0.15) is 34.3 Å². The molecule has 3 aromatic carbocycles. The Morgan fingerprint density at radius 3 is 2.00 bits per heavy atom. The first-order valence-electron chi connectivity index (χ1n) is 11.4. The summed E-state index contributed by atoms with van der Waals surface area (Å²) in [6.07, 6.45) is -2.88. The Balaban J connectivity index is 0.000000532. The minimum absolute atomic E-state index is 0.0586. The number of H-pyrrole nitrogens is 1. The van der Waals surface area contributed by atoms with E-state index in [-0.39, 0.29) is 17.9 Å². The number of nitrogens with one attached hydrogen (secondary N) is 2. The molecule has 0 bridgehead atoms. The number of aromatic nitrogens is 4. The standard InChI is InChI=1S/C24H21Cl2N5O.C2HF3O2/c1-16(28-24(32)19-6-12-22(13-7-19)31-15-27-29-30-31)23(18-4-10-21(26)11-5-18)14-17-2-8-20(25)9-3-17;3-2(4,5)1(6)7/h2-13,15-16,23H,14H2,1H3,(H,28,32);(H,6,7)/t16-,23+;/m1./s1. The predicted octanol–water partition coefficient (Wildman–Crippen LogP) is 3.83. The van der Waals surface area contributed by atoms with Gasteiger partial charge in [-0.2, -0.15) is 13.2 Å². The molecule has 4 rings (SSSR count). The average Bonchev–Trinajstić information content (AvgIpc) is 3.44. The summed E-state index contributed by atoms with van der Waals surface area (Å²) < 4.78 is 33.2. The number of halogens is 5. The lowest BCUT2D eigenvalue weighted by Gasteiger charge is -2.26. The minimum atomic E-state index is -5.19. The summed E-state index contributed by atoms with van der Waals surface area (Å²) >= 11 is 12.1. The number of aliphatic carboxylic acids is 1. The Hall–Kier alpha value is -3.96. The summed E-state index contributed by atoms with van der Waals surface area (Å²) in [6.45, 7) is 2.02. The van der Waals surface area contributed by atoms with Gasteiger partial charge >= 0.3 is 6.18 Å². The van der Waals surface area contributed by atoms with E-state index < -0.39 is 12.1 Å². The van der Waals surface area contributed by atoms with Crippen LogP contribution in [0, 0.1) is 0 Å². The summed E-state index contributed by atoms with van der Waals surface area (Å²) in [7, 11) is 0. The van der Waals surface area contributed by atoms with Gasteiger partial charge in [0.25, 0.3) is 12.2 Å². The third kappa shape index (κ3) is 8.79. The molecule has 13 heteroatoms. The Morgan fingerprint density at radius 2 is 1.51 bits per heavy atom. The SMILES string of the molecule is C[C@@H](NC(=O)c1ccc(-[n+]2cnn[nH]2)cc1)[C@H](Cc1ccc(Cl)cc1)c1ccc(Cl)cc1.O=C([O-])C(F)(F)F. The second-order valence-electron chi connectivity index (χ2n) is 8.38. The lowest BCUT2D eigenvalue weighted by atomic mass is 9.86. The zero-order valence-electron chi connectivity index (χ0n) is 20.3. The lowest BCUT2D eigenvalue weighted by molar-refractivity contribution is -0.660. The molecule has 0 radical (unpaired) electrons. The van der Waals surface area contributed by atoms with Crippen LogP contribution in [0.3, 0.4) is 0 Å². The maximum Gasteiger partial charge on any atom is 0.430 e. The van der Waals surface area contributed by atoms with Crippen molar-refractivity contribution in [1.29, 1.82) is 0 Å². The van der Waals surface area contributed by atoms with Crippen molar-refractivity contribution in [3.05, 3.63) is 106 Å². The van der Waals surface area contributed by atoms with Crippen LogP contribution < -0.4 is 15.1 Å². The minimum Gasteiger partial charge on any atom is -0.542 e. The number of amides is 1. The van der Waals surface area contributed by atoms with Crippen LogP contribution in [0.2, 0.25) is 10.0 Å². The number of carbonyl (C=O) groups is 2. The van der Waals surface area contributed by atoms with Gasteiger partial charge in [-0.25, -0.2) is 0 Å². The Morgan fingerprint density at radius 1 is 0.974 bits per heavy atom. The van der Waals surface area contributed by atoms with Gasteiger partial charge < -0.3 is 15.2 Å². The molecule has 0 unspecified atom stereocenters. The van der Waals surface area contributed by atoms with E-state index in [0.717, 1.165) is 23.2 Å². The average molecular weight is 580 g/mol. The van der Waals surface area contributed by atoms with Gasteiger partial charge in [0.05, 0.1) is 0 Å². The number of hydrogen-bond acceptors (Lipinski definition) is 5. The van der Waals surface area contributed by atoms with E-state index in [4.69, 9.17) is 33.1 Å². The zero-order chi connectivity index (χ0) is 28.6. The second-order valence-corrected chi connectivity index (χ2v) is 9.26. The molecule has 1 aromatic heterocycles. The molecule has 204 valence electrons. The fourth-order valence-corrected chi connectivity index (χ4v) is 3.89. The number of carbonyl (C=O) groups excluding carboxylic acids is 2. The first kappa shape index (κ1) is 29.6. The molecule has 0 aliphatic carbocycles. The van der Waals surface area contributed by atoms with Crippen molar-refractivity contribution in [3.8, 4) is 5.69 Å². The molecule has 0 fully saturated rings. The third-order valence-corrected chi connectivity index (χ3v) is 6.15. The van der Waals surface area contributed by atoms with E-state index in [0.29, 0.717) is 15.6 Å². The van der Waals surface area contributed by atoms with Crippen molar-refractivity contribution < 1.29 is 32.5 Å². The van der Waals surface area contributed by atoms with Gasteiger partial charge in [-0.05, 0) is 73.0 Å². The van der Waals surface area contributed by atoms with E-state index in [1.54, 1.807) is 23.1 Å². The Bertz CT molecular complexity index is 1370. The maximum atomic E-state index is 13.0. The molecule has 2 N–H and O–H groups in total. The quantitative estimate of drug-likeness (QED) is 0.323. The molecule has 0 spiro atoms. The molecule has 8 nitrogen and oxygen atoms in total. The number of benzene rings is 3. The van der Waals surface area contributed by atoms with Crippen molar-refractivity contribution in [1.82, 2.24) is 20.8 Å². The van der Waals surface area contributed by atoms with E-state index in [9.17, 15) is 18.0 Å². The number of nitrogens with zero attached hydrogens (tertiary/aromatic N) is 3. The van der Waals surface area contributed by atoms with Gasteiger partial charge in [0.1, 0.15) is 16.8 Å². The van der Waals surface area contributed by atoms with Crippen LogP contribution in [0.15, 0.2) is 79.1 Å². The van der Waals surface area contributed by atoms with Crippen LogP contribution in [-0.4, -0.2) is 39.6 Å². The van der Waals surface area contributed by atoms with Crippen LogP contribution in [-0.2, 0) is 11.2 Å². The fourth-order valence-electron chi connectivity index (χ4n) is 3.63. The molecule has 0 aliphatic heterocycles. The zero-order valence-corrected chi connectivity index (χ0v) is 21.8. The van der Waals surface area contributed by atoms with Gasteiger partial charge in [-0.3, -0.25) is 4.79 Å². The fraction of sp³-hybridized carbons (Fsp3) is 0.192. The number of carboxylic acid groups (broad SMARTS) is 1. The molecular formula is C26H22Cl2F3N5O3. The van der Waals surface area contributed by atoms with Crippen LogP contribution in [0.4, 0.5) is 13.2 Å². The molecule has 1 heterocycles. The summed E-state index contributed by atoms with van der Waals surface area (Å²) in [5.41, 5.74) is 3.66. The first-order chi connectivity index (χ1) is 18.4. The number of rotatable bonds is 7. The van der Waals surface area contributed by atoms with E-state index >= 15 is 0 Å². The molecule has 1 amide bonds. The van der Waals surface area contributed by atoms with Gasteiger partial charge in [0.2, 0.25) is 0 Å². The van der Waals surface area contributed by atoms with Gasteiger partial charge in [-0.15, -0.1) is 4.68 Å². The van der Waals surface area contributed by atoms with E-state index in [2.05, 4.69) is 20.8 Å². The van der Waals surface area contributed by atoms with Crippen LogP contribution in [0.5, 0.6) is 0 Å². The van der Waals surface area contributed by atoms with Crippen molar-refractivity contribution in [3.63, 3.8) is 0 Å². The van der Waals surface area contributed by atoms with E-state index in [1.807, 2.05) is 67.6 Å². The van der Waals surface area contributed by atoms with Gasteiger partial charge in [0.15, 0.2) is 5.21 Å². The first-order valence-corrected chi connectivity index (χ1v) is 12.2. The highest BCUT2D eigenvalue weighted by molar-refractivity contribution is 6.30. The third-order valence-electron chi connectivity index (χ3n) is 5.65. The second kappa shape index (κ2) is 13.2. The monoisotopic (exact) mass is 579 g/mol. The molecule has 2 atom stereocenters. The van der Waals surface area contributed by atoms with Gasteiger partial charge in [0, 0.05) is 27.6 Å². The molecule has 4 aromatic rings. The normalized spacial score (nSPS) is 12.6. The molecular weight excluding hydrogens is 558 g/mol. The number of carboxylic acids is 1. The van der Waals surface area contributed by atoms with Gasteiger partial charge in [-0.1, -0.05) is 52.7 Å². The largest absolute Gasteiger partial charge is 0.542 e. The van der Waals surface area contributed by atoms with E-state index in [1.165, 1.54) is 0 Å². The van der Waals surface area contributed by atoms with Crippen LogP contribution >= 0.6 is 23.2 Å². The topological polar surface area (TPSA) is 115 Å². The lowest BCUT2D eigenvalue weighted by Crippen LogP contribution is -2.38. The highest BCUT2D eigenvalue weighted by atomic mass is 35.5. The van der Waals surface area contributed by atoms with Crippen molar-refractivity contribution in [2.75, 3.05) is 0 Å². The van der Waals surface area contributed by atoms with Crippen molar-refractivity contribution in [2.45, 2.75) is 31.5 Å². The summed E-state index contributed by atoms with van der Waals surface area (Å²) in [5.74, 6) is -3.08. The molecule has 0 saturated carbocycles. The molecule has 39 heavy (non-hydrogen) atoms.